The maximum atomic E-state index is 12.7. The number of aliphatic hydroxyl groups is 3. The molecule has 1 unspecified atom stereocenters. The van der Waals surface area contributed by atoms with Gasteiger partial charge >= 0.3 is 27.6 Å². The highest BCUT2D eigenvalue weighted by Gasteiger charge is 2.28. The standard InChI is InChI=1S/C50H92O15P2/c1-4-5-27-34-45(51)35-29-24-20-18-21-25-30-36-46(52)37-32-39-50(55)65-48(43-64-67(59,60)63-41-47(53)40-62-66(56,57)58)42-61-49(54)38-31-26-22-17-15-13-11-9-7-6-8-10-12-14-16-19-23-28-33-44(2)3/h20-21,24-25,29-30,35-36,44-48,51-53H,4-19,22-23,26-28,31-34,37-43H2,1-3H3,(H,59,60)(H2,56,57,58)/b24-20-,25-21-,35-29+,36-30+/t45-,46-,47+,48-/m1/s1. The van der Waals surface area contributed by atoms with E-state index in [2.05, 4.69) is 29.8 Å². The molecule has 0 radical (unpaired) electrons. The second-order valence-electron chi connectivity index (χ2n) is 18.0. The SMILES string of the molecule is CCCCC[C@@H](O)/C=C/C=C\C/C=C\C=C\[C@@H](O)CCCC(=O)O[C@H](COC(=O)CCCCCCCCCCCCCCCCCCCCC(C)C)COP(=O)(O)OC[C@@H](O)COP(=O)(O)O. The third-order valence-electron chi connectivity index (χ3n) is 10.8. The number of unbranched alkanes of at least 4 members (excludes halogenated alkanes) is 19. The highest BCUT2D eigenvalue weighted by Crippen LogP contribution is 2.44. The highest BCUT2D eigenvalue weighted by atomic mass is 31.2. The van der Waals surface area contributed by atoms with Gasteiger partial charge in [-0.05, 0) is 38.0 Å². The van der Waals surface area contributed by atoms with Crippen molar-refractivity contribution in [3.05, 3.63) is 48.6 Å². The summed E-state index contributed by atoms with van der Waals surface area (Å²) in [5.41, 5.74) is 0. The maximum absolute atomic E-state index is 12.7. The van der Waals surface area contributed by atoms with Crippen LogP contribution < -0.4 is 0 Å². The van der Waals surface area contributed by atoms with E-state index < -0.39 is 78.4 Å². The summed E-state index contributed by atoms with van der Waals surface area (Å²) in [5.74, 6) is -0.428. The van der Waals surface area contributed by atoms with Crippen LogP contribution in [0, 0.1) is 5.92 Å². The lowest BCUT2D eigenvalue weighted by molar-refractivity contribution is -0.161. The maximum Gasteiger partial charge on any atom is 0.472 e. The van der Waals surface area contributed by atoms with Crippen LogP contribution in [0.25, 0.3) is 0 Å². The Balaban J connectivity index is 4.58. The molecule has 5 atom stereocenters. The Morgan fingerprint density at radius 1 is 0.507 bits per heavy atom. The van der Waals surface area contributed by atoms with Crippen molar-refractivity contribution in [2.75, 3.05) is 26.4 Å². The Morgan fingerprint density at radius 2 is 0.940 bits per heavy atom. The fourth-order valence-corrected chi connectivity index (χ4v) is 8.08. The van der Waals surface area contributed by atoms with Crippen molar-refractivity contribution in [2.24, 2.45) is 5.92 Å². The number of esters is 2. The van der Waals surface area contributed by atoms with Crippen molar-refractivity contribution in [3.8, 4) is 0 Å². The molecule has 0 bridgehead atoms. The van der Waals surface area contributed by atoms with Gasteiger partial charge in [-0.1, -0.05) is 204 Å². The van der Waals surface area contributed by atoms with Crippen molar-refractivity contribution in [2.45, 2.75) is 225 Å². The summed E-state index contributed by atoms with van der Waals surface area (Å²) in [7, 11) is -9.77. The first kappa shape index (κ1) is 65.0. The van der Waals surface area contributed by atoms with E-state index in [9.17, 15) is 38.9 Å². The average Bonchev–Trinajstić information content (AvgIpc) is 3.27. The number of carbonyl (C=O) groups excluding carboxylic acids is 2. The fourth-order valence-electron chi connectivity index (χ4n) is 6.92. The predicted molar refractivity (Wildman–Crippen MR) is 265 cm³/mol. The van der Waals surface area contributed by atoms with Gasteiger partial charge in [-0.15, -0.1) is 0 Å². The third kappa shape index (κ3) is 48.8. The number of aliphatic hydroxyl groups excluding tert-OH is 3. The summed E-state index contributed by atoms with van der Waals surface area (Å²) in [6.45, 7) is 3.78. The van der Waals surface area contributed by atoms with E-state index in [1.807, 2.05) is 24.3 Å². The molecule has 6 N–H and O–H groups in total. The van der Waals surface area contributed by atoms with Gasteiger partial charge in [0.05, 0.1) is 32.0 Å². The zero-order chi connectivity index (χ0) is 49.9. The Labute approximate surface area is 404 Å². The highest BCUT2D eigenvalue weighted by molar-refractivity contribution is 7.47. The summed E-state index contributed by atoms with van der Waals surface area (Å²) in [5, 5.41) is 30.0. The molecule has 0 rings (SSSR count). The zero-order valence-electron chi connectivity index (χ0n) is 41.4. The molecule has 0 spiro atoms. The molecular weight excluding hydrogens is 902 g/mol. The molecule has 0 aromatic heterocycles. The lowest BCUT2D eigenvalue weighted by Crippen LogP contribution is -2.30. The zero-order valence-corrected chi connectivity index (χ0v) is 43.2. The Kier molecular flexibility index (Phi) is 42.7. The number of allylic oxidation sites excluding steroid dienone is 6. The molecular formula is C50H92O15P2. The molecule has 15 nitrogen and oxygen atoms in total. The van der Waals surface area contributed by atoms with Crippen molar-refractivity contribution in [1.82, 2.24) is 0 Å². The number of hydrogen-bond acceptors (Lipinski definition) is 12. The van der Waals surface area contributed by atoms with Gasteiger partial charge < -0.3 is 39.5 Å². The van der Waals surface area contributed by atoms with Crippen LogP contribution >= 0.6 is 15.6 Å². The van der Waals surface area contributed by atoms with Crippen LogP contribution in [0.4, 0.5) is 0 Å². The number of hydrogen-bond donors (Lipinski definition) is 6. The van der Waals surface area contributed by atoms with E-state index in [-0.39, 0.29) is 25.7 Å². The van der Waals surface area contributed by atoms with Crippen molar-refractivity contribution in [3.63, 3.8) is 0 Å². The summed E-state index contributed by atoms with van der Waals surface area (Å²) in [4.78, 5) is 52.9. The smallest absolute Gasteiger partial charge is 0.462 e. The first-order chi connectivity index (χ1) is 32.0. The first-order valence-electron chi connectivity index (χ1n) is 25.4. The van der Waals surface area contributed by atoms with E-state index in [0.29, 0.717) is 12.8 Å². The second kappa shape index (κ2) is 44.0. The van der Waals surface area contributed by atoms with Gasteiger partial charge in [-0.2, -0.15) is 0 Å². The van der Waals surface area contributed by atoms with E-state index in [0.717, 1.165) is 50.9 Å². The van der Waals surface area contributed by atoms with Crippen molar-refractivity contribution >= 4 is 27.6 Å². The molecule has 0 heterocycles. The lowest BCUT2D eigenvalue weighted by atomic mass is 10.0. The number of phosphoric ester groups is 2. The topological polar surface area (TPSA) is 236 Å². The lowest BCUT2D eigenvalue weighted by Gasteiger charge is -2.20. The van der Waals surface area contributed by atoms with Crippen LogP contribution in [0.1, 0.15) is 201 Å². The largest absolute Gasteiger partial charge is 0.472 e. The molecule has 0 aliphatic carbocycles. The molecule has 0 aromatic rings. The monoisotopic (exact) mass is 995 g/mol. The van der Waals surface area contributed by atoms with E-state index in [1.165, 1.54) is 96.3 Å². The van der Waals surface area contributed by atoms with Gasteiger partial charge in [0.1, 0.15) is 12.7 Å². The normalized spacial score (nSPS) is 15.3. The Bertz CT molecular complexity index is 1410. The molecule has 0 amide bonds. The van der Waals surface area contributed by atoms with Crippen LogP contribution in [0.5, 0.6) is 0 Å². The summed E-state index contributed by atoms with van der Waals surface area (Å²) in [6.07, 6.45) is 38.8. The van der Waals surface area contributed by atoms with Crippen LogP contribution in [0.15, 0.2) is 48.6 Å². The Hall–Kier alpha value is -2.00. The average molecular weight is 995 g/mol. The third-order valence-corrected chi connectivity index (χ3v) is 12.3. The van der Waals surface area contributed by atoms with E-state index in [1.54, 1.807) is 24.3 Å². The number of rotatable bonds is 47. The molecule has 0 saturated carbocycles. The van der Waals surface area contributed by atoms with Gasteiger partial charge in [-0.3, -0.25) is 23.2 Å². The number of phosphoric acid groups is 2. The van der Waals surface area contributed by atoms with Gasteiger partial charge in [0.25, 0.3) is 0 Å². The van der Waals surface area contributed by atoms with Gasteiger partial charge in [0.2, 0.25) is 0 Å². The minimum Gasteiger partial charge on any atom is -0.462 e. The Morgan fingerprint density at radius 3 is 1.43 bits per heavy atom. The second-order valence-corrected chi connectivity index (χ2v) is 20.7. The molecule has 17 heteroatoms. The summed E-state index contributed by atoms with van der Waals surface area (Å²) in [6, 6.07) is 0. The van der Waals surface area contributed by atoms with Crippen LogP contribution in [-0.4, -0.2) is 92.8 Å². The number of carbonyl (C=O) groups is 2. The van der Waals surface area contributed by atoms with Crippen molar-refractivity contribution < 1.29 is 71.8 Å². The van der Waals surface area contributed by atoms with Crippen molar-refractivity contribution in [1.29, 1.82) is 0 Å². The van der Waals surface area contributed by atoms with E-state index in [4.69, 9.17) is 23.8 Å². The van der Waals surface area contributed by atoms with Crippen LogP contribution in [0.2, 0.25) is 0 Å². The molecule has 0 aliphatic rings. The van der Waals surface area contributed by atoms with Gasteiger partial charge in [-0.25, -0.2) is 9.13 Å². The quantitative estimate of drug-likeness (QED) is 0.0144. The molecule has 0 aliphatic heterocycles. The van der Waals surface area contributed by atoms with Crippen LogP contribution in [0.3, 0.4) is 0 Å². The molecule has 392 valence electrons. The minimum absolute atomic E-state index is 0.116. The summed E-state index contributed by atoms with van der Waals surface area (Å²) >= 11 is 0. The number of ether oxygens (including phenoxy) is 2. The minimum atomic E-state index is -4.90. The van der Waals surface area contributed by atoms with Gasteiger partial charge in [0.15, 0.2) is 6.10 Å². The predicted octanol–water partition coefficient (Wildman–Crippen LogP) is 11.6. The summed E-state index contributed by atoms with van der Waals surface area (Å²) < 4.78 is 47.8. The van der Waals surface area contributed by atoms with Crippen LogP contribution in [-0.2, 0) is 41.8 Å². The first-order valence-corrected chi connectivity index (χ1v) is 28.4. The van der Waals surface area contributed by atoms with E-state index >= 15 is 0 Å². The molecule has 67 heavy (non-hydrogen) atoms. The molecule has 0 saturated heterocycles. The fraction of sp³-hybridized carbons (Fsp3) is 0.800. The molecule has 0 fully saturated rings. The van der Waals surface area contributed by atoms with Gasteiger partial charge in [0, 0.05) is 12.8 Å². The molecule has 0 aromatic carbocycles.